The molecule has 0 aliphatic heterocycles. The Morgan fingerprint density at radius 1 is 0.950 bits per heavy atom. The number of halogens is 1. The van der Waals surface area contributed by atoms with Crippen LogP contribution in [0.15, 0.2) is 60.9 Å². The van der Waals surface area contributed by atoms with E-state index in [1.807, 2.05) is 24.3 Å². The van der Waals surface area contributed by atoms with Gasteiger partial charge in [-0.25, -0.2) is 4.39 Å². The number of rotatable bonds is 5. The van der Waals surface area contributed by atoms with Crippen LogP contribution < -0.4 is 0 Å². The molecule has 0 fully saturated rings. The van der Waals surface area contributed by atoms with Gasteiger partial charge in [0.15, 0.2) is 0 Å². The van der Waals surface area contributed by atoms with Crippen molar-refractivity contribution in [1.29, 1.82) is 5.26 Å². The van der Waals surface area contributed by atoms with Gasteiger partial charge in [-0.05, 0) is 48.1 Å². The highest BCUT2D eigenvalue weighted by Gasteiger charge is 1.99. The zero-order chi connectivity index (χ0) is 14.2. The SMILES string of the molecule is N#Cc1ccc(-c2ccc(CCC/C=C/F)cc2)cc1. The molecule has 0 aliphatic rings. The molecule has 2 aromatic rings. The van der Waals surface area contributed by atoms with Crippen molar-refractivity contribution in [3.63, 3.8) is 0 Å². The first-order valence-electron chi connectivity index (χ1n) is 6.68. The minimum atomic E-state index is 0.605. The monoisotopic (exact) mass is 265 g/mol. The number of unbranched alkanes of at least 4 members (excludes halogenated alkanes) is 1. The molecule has 0 aliphatic carbocycles. The van der Waals surface area contributed by atoms with Crippen molar-refractivity contribution in [2.45, 2.75) is 19.3 Å². The van der Waals surface area contributed by atoms with Crippen molar-refractivity contribution < 1.29 is 4.39 Å². The Morgan fingerprint density at radius 3 is 2.10 bits per heavy atom. The van der Waals surface area contributed by atoms with Gasteiger partial charge in [0.25, 0.3) is 0 Å². The second-order valence-corrected chi connectivity index (χ2v) is 4.64. The predicted molar refractivity (Wildman–Crippen MR) is 79.8 cm³/mol. The quantitative estimate of drug-likeness (QED) is 0.695. The topological polar surface area (TPSA) is 23.8 Å². The first-order chi connectivity index (χ1) is 9.83. The van der Waals surface area contributed by atoms with Crippen LogP contribution in [-0.4, -0.2) is 0 Å². The fraction of sp³-hybridized carbons (Fsp3) is 0.167. The van der Waals surface area contributed by atoms with Crippen LogP contribution in [0.5, 0.6) is 0 Å². The minimum absolute atomic E-state index is 0.605. The van der Waals surface area contributed by atoms with Crippen LogP contribution in [0, 0.1) is 11.3 Å². The Kier molecular flexibility index (Phi) is 5.08. The molecule has 0 heterocycles. The van der Waals surface area contributed by atoms with Crippen molar-refractivity contribution in [3.05, 3.63) is 72.1 Å². The van der Waals surface area contributed by atoms with Crippen LogP contribution in [-0.2, 0) is 6.42 Å². The van der Waals surface area contributed by atoms with Gasteiger partial charge < -0.3 is 0 Å². The second kappa shape index (κ2) is 7.25. The molecule has 100 valence electrons. The summed E-state index contributed by atoms with van der Waals surface area (Å²) in [5, 5.41) is 8.78. The Labute approximate surface area is 119 Å². The van der Waals surface area contributed by atoms with Crippen LogP contribution in [0.25, 0.3) is 11.1 Å². The van der Waals surface area contributed by atoms with Crippen LogP contribution in [0.1, 0.15) is 24.0 Å². The summed E-state index contributed by atoms with van der Waals surface area (Å²) in [6, 6.07) is 18.1. The molecule has 0 atom stereocenters. The van der Waals surface area contributed by atoms with Gasteiger partial charge in [0, 0.05) is 0 Å². The van der Waals surface area contributed by atoms with E-state index in [1.165, 1.54) is 5.56 Å². The van der Waals surface area contributed by atoms with E-state index in [0.29, 0.717) is 11.9 Å². The van der Waals surface area contributed by atoms with Gasteiger partial charge >= 0.3 is 0 Å². The smallest absolute Gasteiger partial charge is 0.0991 e. The normalized spacial score (nSPS) is 10.6. The van der Waals surface area contributed by atoms with E-state index < -0.39 is 0 Å². The van der Waals surface area contributed by atoms with E-state index in [1.54, 1.807) is 6.08 Å². The third-order valence-electron chi connectivity index (χ3n) is 3.23. The molecule has 0 radical (unpaired) electrons. The first kappa shape index (κ1) is 14.0. The molecule has 0 bridgehead atoms. The van der Waals surface area contributed by atoms with Crippen molar-refractivity contribution >= 4 is 0 Å². The highest BCUT2D eigenvalue weighted by Crippen LogP contribution is 2.20. The lowest BCUT2D eigenvalue weighted by Crippen LogP contribution is -1.85. The van der Waals surface area contributed by atoms with E-state index in [0.717, 1.165) is 30.4 Å². The molecular weight excluding hydrogens is 249 g/mol. The zero-order valence-corrected chi connectivity index (χ0v) is 11.2. The number of nitrogens with zero attached hydrogens (tertiary/aromatic N) is 1. The highest BCUT2D eigenvalue weighted by molar-refractivity contribution is 5.64. The average Bonchev–Trinajstić information content (AvgIpc) is 2.52. The number of aryl methyl sites for hydroxylation is 1. The Balaban J connectivity index is 2.02. The summed E-state index contributed by atoms with van der Waals surface area (Å²) in [6.45, 7) is 0. The highest BCUT2D eigenvalue weighted by atomic mass is 19.1. The molecule has 0 saturated heterocycles. The van der Waals surface area contributed by atoms with Gasteiger partial charge in [0.1, 0.15) is 0 Å². The van der Waals surface area contributed by atoms with Gasteiger partial charge in [-0.2, -0.15) is 5.26 Å². The summed E-state index contributed by atoms with van der Waals surface area (Å²) in [7, 11) is 0. The third-order valence-corrected chi connectivity index (χ3v) is 3.23. The molecule has 2 rings (SSSR count). The molecule has 2 heteroatoms. The summed E-state index contributed by atoms with van der Waals surface area (Å²) in [5.41, 5.74) is 4.18. The molecular formula is C18H16FN. The van der Waals surface area contributed by atoms with Crippen LogP contribution in [0.4, 0.5) is 4.39 Å². The lowest BCUT2D eigenvalue weighted by Gasteiger charge is -2.04. The standard InChI is InChI=1S/C18H16FN/c19-13-3-1-2-4-15-5-9-17(10-6-15)18-11-7-16(14-20)8-12-18/h3,5-13H,1-2,4H2/b13-3+. The Morgan fingerprint density at radius 2 is 1.55 bits per heavy atom. The summed E-state index contributed by atoms with van der Waals surface area (Å²) in [4.78, 5) is 0. The van der Waals surface area contributed by atoms with Crippen LogP contribution >= 0.6 is 0 Å². The zero-order valence-electron chi connectivity index (χ0n) is 11.2. The van der Waals surface area contributed by atoms with Gasteiger partial charge in [-0.1, -0.05) is 42.5 Å². The lowest BCUT2D eigenvalue weighted by molar-refractivity contribution is 0.708. The number of hydrogen-bond acceptors (Lipinski definition) is 1. The van der Waals surface area contributed by atoms with Crippen molar-refractivity contribution in [2.24, 2.45) is 0 Å². The molecule has 20 heavy (non-hydrogen) atoms. The maximum Gasteiger partial charge on any atom is 0.0991 e. The third kappa shape index (κ3) is 3.80. The molecule has 0 spiro atoms. The largest absolute Gasteiger partial charge is 0.216 e. The van der Waals surface area contributed by atoms with Gasteiger partial charge in [0.2, 0.25) is 0 Å². The average molecular weight is 265 g/mol. The summed E-state index contributed by atoms with van der Waals surface area (Å²) in [5.74, 6) is 0. The number of nitriles is 1. The van der Waals surface area contributed by atoms with Crippen molar-refractivity contribution in [3.8, 4) is 17.2 Å². The van der Waals surface area contributed by atoms with E-state index in [9.17, 15) is 4.39 Å². The summed E-state index contributed by atoms with van der Waals surface area (Å²) < 4.78 is 11.8. The van der Waals surface area contributed by atoms with E-state index >= 15 is 0 Å². The minimum Gasteiger partial charge on any atom is -0.216 e. The van der Waals surface area contributed by atoms with Crippen LogP contribution in [0.2, 0.25) is 0 Å². The molecule has 0 aromatic heterocycles. The van der Waals surface area contributed by atoms with Crippen molar-refractivity contribution in [2.75, 3.05) is 0 Å². The fourth-order valence-electron chi connectivity index (χ4n) is 2.09. The number of allylic oxidation sites excluding steroid dienone is 1. The molecule has 0 amide bonds. The second-order valence-electron chi connectivity index (χ2n) is 4.64. The van der Waals surface area contributed by atoms with E-state index in [2.05, 4.69) is 30.3 Å². The van der Waals surface area contributed by atoms with Gasteiger partial charge in [-0.15, -0.1) is 0 Å². The fourth-order valence-corrected chi connectivity index (χ4v) is 2.09. The maximum atomic E-state index is 11.8. The summed E-state index contributed by atoms with van der Waals surface area (Å²) >= 11 is 0. The van der Waals surface area contributed by atoms with E-state index in [-0.39, 0.29) is 0 Å². The molecule has 0 saturated carbocycles. The summed E-state index contributed by atoms with van der Waals surface area (Å²) in [6.07, 6.45) is 4.83. The van der Waals surface area contributed by atoms with Gasteiger partial charge in [0.05, 0.1) is 18.0 Å². The number of hydrogen-bond donors (Lipinski definition) is 0. The number of benzene rings is 2. The Hall–Kier alpha value is -2.40. The lowest BCUT2D eigenvalue weighted by atomic mass is 10.0. The molecule has 0 N–H and O–H groups in total. The van der Waals surface area contributed by atoms with E-state index in [4.69, 9.17) is 5.26 Å². The van der Waals surface area contributed by atoms with Crippen molar-refractivity contribution in [1.82, 2.24) is 0 Å². The van der Waals surface area contributed by atoms with Gasteiger partial charge in [-0.3, -0.25) is 0 Å². The molecule has 1 nitrogen and oxygen atoms in total. The molecule has 2 aromatic carbocycles. The first-order valence-corrected chi connectivity index (χ1v) is 6.68. The Bertz CT molecular complexity index is 603. The maximum absolute atomic E-state index is 11.8. The predicted octanol–water partition coefficient (Wildman–Crippen LogP) is 5.03. The van der Waals surface area contributed by atoms with Crippen LogP contribution in [0.3, 0.4) is 0 Å². The molecule has 0 unspecified atom stereocenters.